The first-order valence-corrected chi connectivity index (χ1v) is 4.00. The Morgan fingerprint density at radius 1 is 1.36 bits per heavy atom. The van der Waals surface area contributed by atoms with Gasteiger partial charge in [-0.05, 0) is 6.07 Å². The Kier molecular flexibility index (Phi) is 1.35. The zero-order valence-corrected chi connectivity index (χ0v) is 7.03. The third-order valence-electron chi connectivity index (χ3n) is 1.81. The van der Waals surface area contributed by atoms with Crippen molar-refractivity contribution < 1.29 is 4.42 Å². The van der Waals surface area contributed by atoms with Crippen molar-refractivity contribution in [3.63, 3.8) is 0 Å². The van der Waals surface area contributed by atoms with Gasteiger partial charge in [0, 0.05) is 18.6 Å². The number of hydrogen-bond donors (Lipinski definition) is 0. The lowest BCUT2D eigenvalue weighted by atomic mass is 10.5. The van der Waals surface area contributed by atoms with E-state index in [2.05, 4.69) is 20.2 Å². The molecule has 3 aromatic rings. The van der Waals surface area contributed by atoms with Crippen LogP contribution < -0.4 is 0 Å². The molecule has 0 amide bonds. The second-order valence-electron chi connectivity index (χ2n) is 2.70. The zero-order valence-electron chi connectivity index (χ0n) is 7.03. The van der Waals surface area contributed by atoms with Gasteiger partial charge in [-0.3, -0.25) is 4.40 Å². The summed E-state index contributed by atoms with van der Waals surface area (Å²) in [6.07, 6.45) is 6.59. The highest BCUT2D eigenvalue weighted by molar-refractivity contribution is 5.50. The van der Waals surface area contributed by atoms with E-state index in [9.17, 15) is 0 Å². The fourth-order valence-electron chi connectivity index (χ4n) is 1.22. The molecule has 3 heterocycles. The van der Waals surface area contributed by atoms with Gasteiger partial charge < -0.3 is 4.42 Å². The standard InChI is InChI=1S/C8H5N5O/c1-2-9-8-11-6(4-13(8)3-1)7-12-10-5-14-7/h1-5H. The molecule has 3 rings (SSSR count). The van der Waals surface area contributed by atoms with E-state index in [4.69, 9.17) is 4.42 Å². The summed E-state index contributed by atoms with van der Waals surface area (Å²) in [6.45, 7) is 0. The number of rotatable bonds is 1. The Morgan fingerprint density at radius 3 is 3.14 bits per heavy atom. The monoisotopic (exact) mass is 187 g/mol. The van der Waals surface area contributed by atoms with Crippen molar-refractivity contribution in [2.24, 2.45) is 0 Å². The van der Waals surface area contributed by atoms with Crippen LogP contribution >= 0.6 is 0 Å². The maximum atomic E-state index is 5.02. The van der Waals surface area contributed by atoms with Gasteiger partial charge in [0.25, 0.3) is 5.89 Å². The van der Waals surface area contributed by atoms with Crippen molar-refractivity contribution in [2.75, 3.05) is 0 Å². The second kappa shape index (κ2) is 2.63. The van der Waals surface area contributed by atoms with Crippen molar-refractivity contribution >= 4 is 5.78 Å². The highest BCUT2D eigenvalue weighted by Gasteiger charge is 2.08. The van der Waals surface area contributed by atoms with E-state index in [1.165, 1.54) is 6.39 Å². The van der Waals surface area contributed by atoms with Crippen LogP contribution in [0.1, 0.15) is 0 Å². The van der Waals surface area contributed by atoms with Crippen molar-refractivity contribution in [1.82, 2.24) is 24.6 Å². The van der Waals surface area contributed by atoms with Crippen molar-refractivity contribution in [3.8, 4) is 11.6 Å². The van der Waals surface area contributed by atoms with Crippen LogP contribution in [0.4, 0.5) is 0 Å². The molecule has 0 saturated heterocycles. The van der Waals surface area contributed by atoms with Crippen LogP contribution in [0.2, 0.25) is 0 Å². The highest BCUT2D eigenvalue weighted by atomic mass is 16.4. The van der Waals surface area contributed by atoms with E-state index in [-0.39, 0.29) is 0 Å². The Balaban J connectivity index is 2.24. The molecule has 14 heavy (non-hydrogen) atoms. The molecule has 0 aliphatic heterocycles. The third kappa shape index (κ3) is 0.972. The van der Waals surface area contributed by atoms with Gasteiger partial charge in [-0.25, -0.2) is 9.97 Å². The number of aromatic nitrogens is 5. The van der Waals surface area contributed by atoms with E-state index in [0.717, 1.165) is 0 Å². The summed E-state index contributed by atoms with van der Waals surface area (Å²) in [6, 6.07) is 1.83. The van der Waals surface area contributed by atoms with Gasteiger partial charge in [-0.15, -0.1) is 10.2 Å². The molecule has 0 spiro atoms. The van der Waals surface area contributed by atoms with Crippen molar-refractivity contribution in [3.05, 3.63) is 31.1 Å². The Bertz CT molecular complexity index is 523. The van der Waals surface area contributed by atoms with Gasteiger partial charge in [0.2, 0.25) is 12.2 Å². The number of nitrogens with zero attached hydrogens (tertiary/aromatic N) is 5. The normalized spacial score (nSPS) is 10.9. The lowest BCUT2D eigenvalue weighted by Gasteiger charge is -1.85. The molecule has 0 aromatic carbocycles. The minimum absolute atomic E-state index is 0.399. The van der Waals surface area contributed by atoms with E-state index >= 15 is 0 Å². The number of fused-ring (bicyclic) bond motifs is 1. The van der Waals surface area contributed by atoms with Crippen LogP contribution in [0.3, 0.4) is 0 Å². The summed E-state index contributed by atoms with van der Waals surface area (Å²) >= 11 is 0. The molecule has 0 atom stereocenters. The molecular formula is C8H5N5O. The molecule has 0 aliphatic rings. The summed E-state index contributed by atoms with van der Waals surface area (Å²) in [4.78, 5) is 8.28. The van der Waals surface area contributed by atoms with Crippen LogP contribution in [0.5, 0.6) is 0 Å². The molecule has 0 unspecified atom stereocenters. The van der Waals surface area contributed by atoms with E-state index in [1.807, 2.05) is 12.3 Å². The van der Waals surface area contributed by atoms with Crippen LogP contribution in [-0.2, 0) is 0 Å². The fourth-order valence-corrected chi connectivity index (χ4v) is 1.22. The van der Waals surface area contributed by atoms with Gasteiger partial charge >= 0.3 is 0 Å². The zero-order chi connectivity index (χ0) is 9.38. The predicted octanol–water partition coefficient (Wildman–Crippen LogP) is 0.779. The molecule has 0 aliphatic carbocycles. The SMILES string of the molecule is c1cnc2nc(-c3nnco3)cn2c1. The summed E-state index contributed by atoms with van der Waals surface area (Å²) < 4.78 is 6.81. The van der Waals surface area contributed by atoms with Gasteiger partial charge in [0.1, 0.15) is 5.69 Å². The molecule has 0 bridgehead atoms. The van der Waals surface area contributed by atoms with Gasteiger partial charge in [-0.2, -0.15) is 0 Å². The van der Waals surface area contributed by atoms with Gasteiger partial charge in [0.05, 0.1) is 0 Å². The minimum Gasteiger partial charge on any atom is -0.422 e. The molecule has 3 aromatic heterocycles. The largest absolute Gasteiger partial charge is 0.422 e. The van der Waals surface area contributed by atoms with Crippen LogP contribution in [0.15, 0.2) is 35.5 Å². The average Bonchev–Trinajstić information content (AvgIpc) is 2.86. The molecule has 0 saturated carbocycles. The first-order chi connectivity index (χ1) is 6.93. The molecule has 0 N–H and O–H groups in total. The first kappa shape index (κ1) is 7.19. The number of hydrogen-bond acceptors (Lipinski definition) is 5. The Hall–Kier alpha value is -2.24. The quantitative estimate of drug-likeness (QED) is 0.563. The number of imidazole rings is 1. The molecular weight excluding hydrogens is 182 g/mol. The fraction of sp³-hybridized carbons (Fsp3) is 0. The maximum absolute atomic E-state index is 5.02. The van der Waals surface area contributed by atoms with E-state index in [1.54, 1.807) is 16.8 Å². The summed E-state index contributed by atoms with van der Waals surface area (Å²) in [7, 11) is 0. The van der Waals surface area contributed by atoms with Gasteiger partial charge in [-0.1, -0.05) is 0 Å². The summed E-state index contributed by atoms with van der Waals surface area (Å²) in [5.74, 6) is 1.01. The van der Waals surface area contributed by atoms with Crippen LogP contribution in [0, 0.1) is 0 Å². The van der Waals surface area contributed by atoms with Gasteiger partial charge in [0.15, 0.2) is 0 Å². The highest BCUT2D eigenvalue weighted by Crippen LogP contribution is 2.14. The lowest BCUT2D eigenvalue weighted by Crippen LogP contribution is -1.82. The Morgan fingerprint density at radius 2 is 2.36 bits per heavy atom. The minimum atomic E-state index is 0.399. The van der Waals surface area contributed by atoms with Crippen molar-refractivity contribution in [1.29, 1.82) is 0 Å². The summed E-state index contributed by atoms with van der Waals surface area (Å²) in [5.41, 5.74) is 0.626. The van der Waals surface area contributed by atoms with E-state index in [0.29, 0.717) is 17.4 Å². The molecule has 6 nitrogen and oxygen atoms in total. The average molecular weight is 187 g/mol. The smallest absolute Gasteiger partial charge is 0.267 e. The Labute approximate surface area is 78.2 Å². The maximum Gasteiger partial charge on any atom is 0.267 e. The molecule has 68 valence electrons. The third-order valence-corrected chi connectivity index (χ3v) is 1.81. The van der Waals surface area contributed by atoms with E-state index < -0.39 is 0 Å². The lowest BCUT2D eigenvalue weighted by molar-refractivity contribution is 0.567. The molecule has 0 radical (unpaired) electrons. The molecule has 6 heteroatoms. The van der Waals surface area contributed by atoms with Crippen LogP contribution in [0.25, 0.3) is 17.4 Å². The van der Waals surface area contributed by atoms with Crippen molar-refractivity contribution in [2.45, 2.75) is 0 Å². The second-order valence-corrected chi connectivity index (χ2v) is 2.70. The first-order valence-electron chi connectivity index (χ1n) is 4.00. The topological polar surface area (TPSA) is 69.1 Å². The summed E-state index contributed by atoms with van der Waals surface area (Å²) in [5, 5.41) is 7.34. The molecule has 0 fully saturated rings. The van der Waals surface area contributed by atoms with Crippen LogP contribution in [-0.4, -0.2) is 24.6 Å². The predicted molar refractivity (Wildman–Crippen MR) is 46.3 cm³/mol.